The number of halogens is 2. The zero-order chi connectivity index (χ0) is 24.7. The molecule has 0 saturated heterocycles. The monoisotopic (exact) mass is 480 g/mol. The van der Waals surface area contributed by atoms with E-state index in [1.165, 1.54) is 6.07 Å². The van der Waals surface area contributed by atoms with E-state index in [0.29, 0.717) is 54.0 Å². The Morgan fingerprint density at radius 3 is 2.69 bits per heavy atom. The van der Waals surface area contributed by atoms with Crippen LogP contribution in [0.15, 0.2) is 47.0 Å². The van der Waals surface area contributed by atoms with Gasteiger partial charge in [-0.05, 0) is 56.0 Å². The number of hydrogen-bond acceptors (Lipinski definition) is 6. The van der Waals surface area contributed by atoms with E-state index >= 15 is 0 Å². The molecule has 0 spiro atoms. The smallest absolute Gasteiger partial charge is 0.191 e. The molecule has 7 nitrogen and oxygen atoms in total. The third-order valence-electron chi connectivity index (χ3n) is 6.85. The number of ether oxygens (including phenoxy) is 1. The number of rotatable bonds is 6. The molecule has 0 fully saturated rings. The highest BCUT2D eigenvalue weighted by Crippen LogP contribution is 2.42. The van der Waals surface area contributed by atoms with Gasteiger partial charge in [-0.15, -0.1) is 10.2 Å². The summed E-state index contributed by atoms with van der Waals surface area (Å²) in [5.74, 6) is 1.25. The molecule has 2 unspecified atom stereocenters. The molecular formula is C26H26F2N4O3. The van der Waals surface area contributed by atoms with Gasteiger partial charge in [-0.3, -0.25) is 0 Å². The number of aromatic nitrogens is 4. The van der Waals surface area contributed by atoms with Crippen molar-refractivity contribution in [2.45, 2.75) is 51.2 Å². The molecule has 3 heterocycles. The highest BCUT2D eigenvalue weighted by Gasteiger charge is 2.44. The van der Waals surface area contributed by atoms with Crippen LogP contribution in [0.4, 0.5) is 8.78 Å². The van der Waals surface area contributed by atoms with E-state index in [2.05, 4.69) is 15.2 Å². The molecule has 2 atom stereocenters. The highest BCUT2D eigenvalue weighted by molar-refractivity contribution is 5.71. The maximum absolute atomic E-state index is 13.9. The van der Waals surface area contributed by atoms with Crippen molar-refractivity contribution >= 4 is 0 Å². The molecule has 0 aliphatic carbocycles. The van der Waals surface area contributed by atoms with Crippen molar-refractivity contribution in [3.8, 4) is 28.5 Å². The van der Waals surface area contributed by atoms with Crippen LogP contribution in [-0.4, -0.2) is 38.1 Å². The quantitative estimate of drug-likeness (QED) is 0.425. The lowest BCUT2D eigenvalue weighted by Crippen LogP contribution is -2.45. The van der Waals surface area contributed by atoms with E-state index in [4.69, 9.17) is 9.15 Å². The summed E-state index contributed by atoms with van der Waals surface area (Å²) in [5.41, 5.74) is 1.38. The van der Waals surface area contributed by atoms with Crippen LogP contribution in [0.2, 0.25) is 0 Å². The summed E-state index contributed by atoms with van der Waals surface area (Å²) in [6.45, 7) is 4.16. The molecule has 1 aliphatic rings. The normalized spacial score (nSPS) is 18.3. The van der Waals surface area contributed by atoms with Gasteiger partial charge in [-0.25, -0.2) is 13.8 Å². The lowest BCUT2D eigenvalue weighted by atomic mass is 9.71. The van der Waals surface area contributed by atoms with Crippen molar-refractivity contribution in [2.24, 2.45) is 0 Å². The molecule has 2 aromatic heterocycles. The Labute approximate surface area is 201 Å². The van der Waals surface area contributed by atoms with Crippen molar-refractivity contribution in [2.75, 3.05) is 7.11 Å². The van der Waals surface area contributed by atoms with Gasteiger partial charge in [0.25, 0.3) is 0 Å². The number of oxazole rings is 1. The number of aliphatic hydroxyl groups excluding tert-OH is 1. The van der Waals surface area contributed by atoms with E-state index in [1.54, 1.807) is 33.2 Å². The lowest BCUT2D eigenvalue weighted by molar-refractivity contribution is 0.0698. The molecule has 182 valence electrons. The van der Waals surface area contributed by atoms with Crippen LogP contribution >= 0.6 is 0 Å². The third kappa shape index (κ3) is 3.99. The van der Waals surface area contributed by atoms with Gasteiger partial charge in [0.15, 0.2) is 29.1 Å². The van der Waals surface area contributed by atoms with Crippen molar-refractivity contribution in [3.05, 3.63) is 71.5 Å². The van der Waals surface area contributed by atoms with Crippen molar-refractivity contribution in [3.63, 3.8) is 0 Å². The van der Waals surface area contributed by atoms with Crippen LogP contribution in [-0.2, 0) is 18.4 Å². The van der Waals surface area contributed by atoms with Gasteiger partial charge in [-0.1, -0.05) is 12.1 Å². The first-order valence-electron chi connectivity index (χ1n) is 11.5. The van der Waals surface area contributed by atoms with Crippen LogP contribution in [0.5, 0.6) is 5.75 Å². The molecule has 0 amide bonds. The number of aliphatic hydroxyl groups is 1. The average Bonchev–Trinajstić information content (AvgIpc) is 3.48. The predicted octanol–water partition coefficient (Wildman–Crippen LogP) is 4.85. The summed E-state index contributed by atoms with van der Waals surface area (Å²) in [6.07, 6.45) is 2.61. The maximum atomic E-state index is 13.9. The Bertz CT molecular complexity index is 1380. The summed E-state index contributed by atoms with van der Waals surface area (Å²) in [7, 11) is 1.59. The van der Waals surface area contributed by atoms with Crippen LogP contribution in [0.25, 0.3) is 22.7 Å². The summed E-state index contributed by atoms with van der Waals surface area (Å²) < 4.78 is 40.7. The second kappa shape index (κ2) is 8.88. The van der Waals surface area contributed by atoms with Gasteiger partial charge in [0.2, 0.25) is 0 Å². The van der Waals surface area contributed by atoms with Crippen molar-refractivity contribution in [1.29, 1.82) is 0 Å². The number of hydrogen-bond donors (Lipinski definition) is 1. The van der Waals surface area contributed by atoms with Gasteiger partial charge in [0, 0.05) is 19.0 Å². The molecular weight excluding hydrogens is 454 g/mol. The minimum absolute atomic E-state index is 0.313. The van der Waals surface area contributed by atoms with Crippen LogP contribution < -0.4 is 4.74 Å². The first-order chi connectivity index (χ1) is 16.8. The summed E-state index contributed by atoms with van der Waals surface area (Å²) in [6, 6.07) is 9.53. The van der Waals surface area contributed by atoms with E-state index in [9.17, 15) is 13.9 Å². The van der Waals surface area contributed by atoms with Crippen LogP contribution in [0, 0.1) is 18.6 Å². The van der Waals surface area contributed by atoms with Gasteiger partial charge >= 0.3 is 0 Å². The largest absolute Gasteiger partial charge is 0.496 e. The maximum Gasteiger partial charge on any atom is 0.191 e. The third-order valence-corrected chi connectivity index (χ3v) is 6.85. The average molecular weight is 481 g/mol. The number of aryl methyl sites for hydroxylation is 1. The molecule has 35 heavy (non-hydrogen) atoms. The fourth-order valence-electron chi connectivity index (χ4n) is 5.01. The van der Waals surface area contributed by atoms with E-state index < -0.39 is 23.2 Å². The number of nitrogens with zero attached hydrogens (tertiary/aromatic N) is 4. The zero-order valence-corrected chi connectivity index (χ0v) is 19.8. The van der Waals surface area contributed by atoms with Gasteiger partial charge in [0.05, 0.1) is 30.4 Å². The Kier molecular flexibility index (Phi) is 5.88. The standard InChI is InChI=1S/C26H26F2N4O3/c1-15(33)26(13-17-5-8-20(27)21(28)11-17)9-4-10-32-24(30-31-25(26)32)18-6-7-19(22(12-18)34-3)23-14-29-16(2)35-23/h5-8,11-12,14-15,33H,4,9-10,13H2,1-3H3. The minimum Gasteiger partial charge on any atom is -0.496 e. The first kappa shape index (κ1) is 23.2. The lowest BCUT2D eigenvalue weighted by Gasteiger charge is -2.39. The number of benzene rings is 2. The van der Waals surface area contributed by atoms with Crippen molar-refractivity contribution < 1.29 is 23.0 Å². The molecule has 1 aliphatic heterocycles. The van der Waals surface area contributed by atoms with E-state index in [0.717, 1.165) is 23.6 Å². The Morgan fingerprint density at radius 1 is 1.17 bits per heavy atom. The SMILES string of the molecule is COc1cc(-c2nnc3n2CCCC3(Cc2ccc(F)c(F)c2)C(C)O)ccc1-c1cnc(C)o1. The Morgan fingerprint density at radius 2 is 2.00 bits per heavy atom. The van der Waals surface area contributed by atoms with Gasteiger partial charge in [-0.2, -0.15) is 0 Å². The summed E-state index contributed by atoms with van der Waals surface area (Å²) >= 11 is 0. The molecule has 5 rings (SSSR count). The molecule has 0 saturated carbocycles. The predicted molar refractivity (Wildman–Crippen MR) is 125 cm³/mol. The van der Waals surface area contributed by atoms with E-state index in [1.807, 2.05) is 22.8 Å². The van der Waals surface area contributed by atoms with Crippen LogP contribution in [0.3, 0.4) is 0 Å². The Hall–Kier alpha value is -3.59. The summed E-state index contributed by atoms with van der Waals surface area (Å²) in [5, 5.41) is 19.9. The van der Waals surface area contributed by atoms with Crippen LogP contribution in [0.1, 0.15) is 37.0 Å². The molecule has 4 aromatic rings. The number of methoxy groups -OCH3 is 1. The molecule has 1 N–H and O–H groups in total. The topological polar surface area (TPSA) is 86.2 Å². The summed E-state index contributed by atoms with van der Waals surface area (Å²) in [4.78, 5) is 4.16. The fourth-order valence-corrected chi connectivity index (χ4v) is 5.01. The zero-order valence-electron chi connectivity index (χ0n) is 19.8. The molecule has 9 heteroatoms. The minimum atomic E-state index is -0.907. The second-order valence-corrected chi connectivity index (χ2v) is 9.02. The van der Waals surface area contributed by atoms with Gasteiger partial charge < -0.3 is 18.8 Å². The first-order valence-corrected chi connectivity index (χ1v) is 11.5. The van der Waals surface area contributed by atoms with E-state index in [-0.39, 0.29) is 0 Å². The van der Waals surface area contributed by atoms with Crippen molar-refractivity contribution in [1.82, 2.24) is 19.7 Å². The number of fused-ring (bicyclic) bond motifs is 1. The molecule has 0 radical (unpaired) electrons. The van der Waals surface area contributed by atoms with Gasteiger partial charge in [0.1, 0.15) is 11.6 Å². The fraction of sp³-hybridized carbons (Fsp3) is 0.346. The molecule has 0 bridgehead atoms. The highest BCUT2D eigenvalue weighted by atomic mass is 19.2. The molecule has 2 aromatic carbocycles. The Balaban J connectivity index is 1.56. The second-order valence-electron chi connectivity index (χ2n) is 9.02.